The lowest BCUT2D eigenvalue weighted by Gasteiger charge is -2.11. The van der Waals surface area contributed by atoms with E-state index in [1.54, 1.807) is 30.6 Å². The molecule has 1 aliphatic carbocycles. The topological polar surface area (TPSA) is 59.4 Å². The molecular formula is C14H15NO3. The monoisotopic (exact) mass is 245 g/mol. The number of allylic oxidation sites excluding steroid dienone is 3. The molecule has 0 radical (unpaired) electrons. The van der Waals surface area contributed by atoms with Crippen LogP contribution in [0.3, 0.4) is 0 Å². The van der Waals surface area contributed by atoms with E-state index in [0.717, 1.165) is 17.6 Å². The number of aromatic nitrogens is 1. The molecule has 0 fully saturated rings. The van der Waals surface area contributed by atoms with Gasteiger partial charge >= 0.3 is 5.97 Å². The van der Waals surface area contributed by atoms with Crippen LogP contribution in [0.25, 0.3) is 0 Å². The third kappa shape index (κ3) is 3.73. The second-order valence-electron chi connectivity index (χ2n) is 4.18. The van der Waals surface area contributed by atoms with E-state index in [2.05, 4.69) is 4.98 Å². The Bertz CT molecular complexity index is 477. The van der Waals surface area contributed by atoms with E-state index >= 15 is 0 Å². The molecule has 0 amide bonds. The largest absolute Gasteiger partial charge is 0.512 e. The van der Waals surface area contributed by atoms with Gasteiger partial charge in [0, 0.05) is 18.8 Å². The van der Waals surface area contributed by atoms with Gasteiger partial charge in [-0.05, 0) is 29.7 Å². The first-order valence-electron chi connectivity index (χ1n) is 5.86. The Kier molecular flexibility index (Phi) is 4.12. The molecule has 1 aromatic rings. The number of nitrogens with zero attached hydrogens (tertiary/aromatic N) is 1. The maximum absolute atomic E-state index is 11.6. The lowest BCUT2D eigenvalue weighted by Crippen LogP contribution is -2.11. The van der Waals surface area contributed by atoms with Crippen molar-refractivity contribution < 1.29 is 14.6 Å². The molecule has 0 spiro atoms. The molecule has 1 aromatic heterocycles. The summed E-state index contributed by atoms with van der Waals surface area (Å²) >= 11 is 0. The minimum absolute atomic E-state index is 0.238. The molecule has 0 aliphatic heterocycles. The van der Waals surface area contributed by atoms with Crippen molar-refractivity contribution in [3.05, 3.63) is 53.6 Å². The molecule has 1 heterocycles. The molecule has 2 rings (SSSR count). The summed E-state index contributed by atoms with van der Waals surface area (Å²) in [5.41, 5.74) is 1.87. The second kappa shape index (κ2) is 6.00. The van der Waals surface area contributed by atoms with Gasteiger partial charge in [0.1, 0.15) is 6.61 Å². The molecule has 0 saturated carbocycles. The molecule has 0 atom stereocenters. The standard InChI is InChI=1S/C14H15NO3/c16-13-5-3-11(4-6-13)10-18-14(17)8-12-2-1-7-15-9-12/h1-3,5,7,9,16H,4,6,8,10H2. The number of rotatable bonds is 4. The number of ether oxygens (including phenoxy) is 1. The van der Waals surface area contributed by atoms with Gasteiger partial charge in [0.25, 0.3) is 0 Å². The van der Waals surface area contributed by atoms with Crippen molar-refractivity contribution in [1.29, 1.82) is 0 Å². The number of aliphatic hydroxyl groups excluding tert-OH is 1. The molecule has 1 aliphatic rings. The maximum atomic E-state index is 11.6. The minimum atomic E-state index is -0.261. The van der Waals surface area contributed by atoms with Gasteiger partial charge in [-0.1, -0.05) is 12.1 Å². The van der Waals surface area contributed by atoms with Gasteiger partial charge in [0.2, 0.25) is 0 Å². The highest BCUT2D eigenvalue weighted by molar-refractivity contribution is 5.72. The van der Waals surface area contributed by atoms with E-state index in [0.29, 0.717) is 18.8 Å². The summed E-state index contributed by atoms with van der Waals surface area (Å²) in [4.78, 5) is 15.5. The van der Waals surface area contributed by atoms with Crippen LogP contribution in [0, 0.1) is 0 Å². The number of aliphatic hydroxyl groups is 1. The van der Waals surface area contributed by atoms with Gasteiger partial charge < -0.3 is 9.84 Å². The number of esters is 1. The van der Waals surface area contributed by atoms with Crippen LogP contribution >= 0.6 is 0 Å². The fourth-order valence-corrected chi connectivity index (χ4v) is 1.68. The number of pyridine rings is 1. The molecule has 0 bridgehead atoms. The van der Waals surface area contributed by atoms with Crippen LogP contribution in [0.4, 0.5) is 0 Å². The Morgan fingerprint density at radius 1 is 1.39 bits per heavy atom. The van der Waals surface area contributed by atoms with Crippen molar-refractivity contribution in [1.82, 2.24) is 4.98 Å². The fraction of sp³-hybridized carbons (Fsp3) is 0.286. The molecule has 0 aromatic carbocycles. The summed E-state index contributed by atoms with van der Waals surface area (Å²) in [5.74, 6) is 0.114. The predicted octanol–water partition coefficient (Wildman–Crippen LogP) is 2.33. The van der Waals surface area contributed by atoms with Gasteiger partial charge in [0.15, 0.2) is 0 Å². The smallest absolute Gasteiger partial charge is 0.310 e. The zero-order valence-electron chi connectivity index (χ0n) is 10.0. The molecule has 0 saturated heterocycles. The van der Waals surface area contributed by atoms with Crippen LogP contribution < -0.4 is 0 Å². The van der Waals surface area contributed by atoms with Crippen molar-refractivity contribution >= 4 is 5.97 Å². The average Bonchev–Trinajstić information content (AvgIpc) is 2.39. The number of carbonyl (C=O) groups is 1. The van der Waals surface area contributed by atoms with E-state index in [4.69, 9.17) is 4.74 Å². The average molecular weight is 245 g/mol. The summed E-state index contributed by atoms with van der Waals surface area (Å²) in [6, 6.07) is 3.63. The Balaban J connectivity index is 1.79. The number of carbonyl (C=O) groups excluding carboxylic acids is 1. The second-order valence-corrected chi connectivity index (χ2v) is 4.18. The van der Waals surface area contributed by atoms with Crippen molar-refractivity contribution in [2.24, 2.45) is 0 Å². The molecule has 4 heteroatoms. The lowest BCUT2D eigenvalue weighted by atomic mass is 10.0. The van der Waals surface area contributed by atoms with Crippen LogP contribution in [0.1, 0.15) is 18.4 Å². The highest BCUT2D eigenvalue weighted by Crippen LogP contribution is 2.16. The first kappa shape index (κ1) is 12.4. The van der Waals surface area contributed by atoms with E-state index in [1.807, 2.05) is 6.07 Å². The van der Waals surface area contributed by atoms with E-state index in [-0.39, 0.29) is 12.4 Å². The van der Waals surface area contributed by atoms with Crippen LogP contribution in [0.5, 0.6) is 0 Å². The maximum Gasteiger partial charge on any atom is 0.310 e. The highest BCUT2D eigenvalue weighted by atomic mass is 16.5. The third-order valence-electron chi connectivity index (χ3n) is 2.70. The Morgan fingerprint density at radius 3 is 2.94 bits per heavy atom. The molecule has 1 N–H and O–H groups in total. The fourth-order valence-electron chi connectivity index (χ4n) is 1.68. The van der Waals surface area contributed by atoms with Gasteiger partial charge in [-0.15, -0.1) is 0 Å². The third-order valence-corrected chi connectivity index (χ3v) is 2.70. The van der Waals surface area contributed by atoms with Crippen molar-refractivity contribution in [3.63, 3.8) is 0 Å². The van der Waals surface area contributed by atoms with Crippen LogP contribution in [-0.4, -0.2) is 22.7 Å². The van der Waals surface area contributed by atoms with Crippen LogP contribution in [0.15, 0.2) is 48.0 Å². The summed E-state index contributed by atoms with van der Waals surface area (Å²) < 4.78 is 5.17. The number of hydrogen-bond donors (Lipinski definition) is 1. The quantitative estimate of drug-likeness (QED) is 0.827. The SMILES string of the molecule is O=C(Cc1cccnc1)OCC1=CC=C(O)CC1. The highest BCUT2D eigenvalue weighted by Gasteiger charge is 2.09. The van der Waals surface area contributed by atoms with Crippen LogP contribution in [0.2, 0.25) is 0 Å². The molecule has 4 nitrogen and oxygen atoms in total. The van der Waals surface area contributed by atoms with E-state index in [9.17, 15) is 9.90 Å². The van der Waals surface area contributed by atoms with Crippen molar-refractivity contribution in [2.75, 3.05) is 6.61 Å². The summed E-state index contributed by atoms with van der Waals surface area (Å²) in [6.07, 6.45) is 8.36. The Morgan fingerprint density at radius 2 is 2.28 bits per heavy atom. The summed E-state index contributed by atoms with van der Waals surface area (Å²) in [7, 11) is 0. The molecule has 94 valence electrons. The van der Waals surface area contributed by atoms with Gasteiger partial charge in [0.05, 0.1) is 12.2 Å². The van der Waals surface area contributed by atoms with Gasteiger partial charge in [-0.2, -0.15) is 0 Å². The number of hydrogen-bond acceptors (Lipinski definition) is 4. The Hall–Kier alpha value is -2.10. The molecule has 0 unspecified atom stereocenters. The molecule has 18 heavy (non-hydrogen) atoms. The summed E-state index contributed by atoms with van der Waals surface area (Å²) in [6.45, 7) is 0.295. The van der Waals surface area contributed by atoms with Gasteiger partial charge in [-0.25, -0.2) is 0 Å². The van der Waals surface area contributed by atoms with Gasteiger partial charge in [-0.3, -0.25) is 9.78 Å². The normalized spacial score (nSPS) is 14.7. The predicted molar refractivity (Wildman–Crippen MR) is 66.9 cm³/mol. The summed E-state index contributed by atoms with van der Waals surface area (Å²) in [5, 5.41) is 9.20. The van der Waals surface area contributed by atoms with Crippen molar-refractivity contribution in [2.45, 2.75) is 19.3 Å². The first-order valence-corrected chi connectivity index (χ1v) is 5.86. The Labute approximate surface area is 106 Å². The first-order chi connectivity index (χ1) is 8.74. The molecular weight excluding hydrogens is 230 g/mol. The van der Waals surface area contributed by atoms with Crippen molar-refractivity contribution in [3.8, 4) is 0 Å². The van der Waals surface area contributed by atoms with E-state index in [1.165, 1.54) is 0 Å². The lowest BCUT2D eigenvalue weighted by molar-refractivity contribution is -0.141. The minimum Gasteiger partial charge on any atom is -0.512 e. The van der Waals surface area contributed by atoms with E-state index < -0.39 is 0 Å². The van der Waals surface area contributed by atoms with Crippen LogP contribution in [-0.2, 0) is 16.0 Å². The zero-order valence-corrected chi connectivity index (χ0v) is 10.0. The zero-order chi connectivity index (χ0) is 12.8.